The molecule has 0 radical (unpaired) electrons. The summed E-state index contributed by atoms with van der Waals surface area (Å²) in [6.45, 7) is 6.94. The van der Waals surface area contributed by atoms with Gasteiger partial charge in [0.15, 0.2) is 0 Å². The maximum absolute atomic E-state index is 12.9. The molecule has 3 aliphatic heterocycles. The van der Waals surface area contributed by atoms with Crippen molar-refractivity contribution in [2.45, 2.75) is 44.8 Å². The molecular formula is C21H27NO3. The molecule has 3 heterocycles. The van der Waals surface area contributed by atoms with Crippen LogP contribution in [-0.2, 0) is 15.1 Å². The van der Waals surface area contributed by atoms with Crippen LogP contribution in [0, 0.1) is 23.7 Å². The Hall–Kier alpha value is -1.83. The predicted octanol–water partition coefficient (Wildman–Crippen LogP) is 2.56. The van der Waals surface area contributed by atoms with Crippen molar-refractivity contribution in [2.24, 2.45) is 11.8 Å². The van der Waals surface area contributed by atoms with Gasteiger partial charge in [0.1, 0.15) is 6.10 Å². The normalized spacial score (nSPS) is 28.4. The van der Waals surface area contributed by atoms with Gasteiger partial charge in [-0.2, -0.15) is 0 Å². The first-order valence-electron chi connectivity index (χ1n) is 9.27. The fourth-order valence-electron chi connectivity index (χ4n) is 3.52. The van der Waals surface area contributed by atoms with Crippen molar-refractivity contribution >= 4 is 5.97 Å². The topological polar surface area (TPSA) is 49.8 Å². The minimum atomic E-state index is -1.91. The van der Waals surface area contributed by atoms with Crippen LogP contribution < -0.4 is 0 Å². The highest BCUT2D eigenvalue weighted by molar-refractivity contribution is 5.85. The molecule has 0 amide bonds. The minimum absolute atomic E-state index is 0.111. The van der Waals surface area contributed by atoms with Gasteiger partial charge in [0, 0.05) is 18.0 Å². The number of hydrogen-bond donors (Lipinski definition) is 1. The summed E-state index contributed by atoms with van der Waals surface area (Å²) in [4.78, 5) is 15.2. The zero-order valence-electron chi connectivity index (χ0n) is 15.1. The van der Waals surface area contributed by atoms with E-state index in [9.17, 15) is 9.90 Å². The smallest absolute Gasteiger partial charge is 0.356 e. The number of carbonyl (C=O) groups excluding carboxylic acids is 1. The van der Waals surface area contributed by atoms with Crippen molar-refractivity contribution in [1.82, 2.24) is 4.90 Å². The Bertz CT molecular complexity index is 655. The van der Waals surface area contributed by atoms with E-state index < -0.39 is 11.6 Å². The van der Waals surface area contributed by atoms with E-state index in [2.05, 4.69) is 16.7 Å². The van der Waals surface area contributed by atoms with Gasteiger partial charge >= 0.3 is 5.97 Å². The molecule has 134 valence electrons. The molecule has 0 spiro atoms. The van der Waals surface area contributed by atoms with E-state index in [-0.39, 0.29) is 12.0 Å². The number of piperidine rings is 3. The third-order valence-electron chi connectivity index (χ3n) is 5.45. The van der Waals surface area contributed by atoms with Crippen LogP contribution in [-0.4, -0.2) is 41.7 Å². The van der Waals surface area contributed by atoms with Crippen LogP contribution in [0.2, 0.25) is 0 Å². The molecule has 0 aromatic heterocycles. The number of rotatable bonds is 4. The number of benzene rings is 1. The second-order valence-electron chi connectivity index (χ2n) is 7.24. The number of fused-ring (bicyclic) bond motifs is 3. The first kappa shape index (κ1) is 18.0. The molecule has 0 saturated carbocycles. The molecule has 1 aromatic carbocycles. The first-order valence-corrected chi connectivity index (χ1v) is 9.27. The lowest BCUT2D eigenvalue weighted by molar-refractivity contribution is -0.175. The lowest BCUT2D eigenvalue weighted by atomic mass is 9.85. The van der Waals surface area contributed by atoms with Gasteiger partial charge in [-0.3, -0.25) is 4.90 Å². The van der Waals surface area contributed by atoms with E-state index in [0.717, 1.165) is 38.9 Å². The van der Waals surface area contributed by atoms with Gasteiger partial charge < -0.3 is 9.84 Å². The number of carbonyl (C=O) groups is 1. The summed E-state index contributed by atoms with van der Waals surface area (Å²) in [6.07, 6.45) is 2.84. The minimum Gasteiger partial charge on any atom is -0.458 e. The summed E-state index contributed by atoms with van der Waals surface area (Å²) in [7, 11) is 0. The number of aliphatic hydroxyl groups is 1. The van der Waals surface area contributed by atoms with E-state index in [1.54, 1.807) is 24.3 Å². The van der Waals surface area contributed by atoms with Gasteiger partial charge in [-0.05, 0) is 38.3 Å². The maximum atomic E-state index is 12.9. The van der Waals surface area contributed by atoms with Gasteiger partial charge in [0.2, 0.25) is 5.60 Å². The Kier molecular flexibility index (Phi) is 5.46. The molecular weight excluding hydrogens is 314 g/mol. The molecule has 1 aromatic rings. The van der Waals surface area contributed by atoms with Crippen LogP contribution in [0.15, 0.2) is 30.3 Å². The fraction of sp³-hybridized carbons (Fsp3) is 0.571. The molecule has 1 N–H and O–H groups in total. The van der Waals surface area contributed by atoms with Gasteiger partial charge in [-0.1, -0.05) is 56.0 Å². The van der Waals surface area contributed by atoms with Crippen molar-refractivity contribution in [3.63, 3.8) is 0 Å². The van der Waals surface area contributed by atoms with Gasteiger partial charge in [-0.15, -0.1) is 0 Å². The third-order valence-corrected chi connectivity index (χ3v) is 5.45. The summed E-state index contributed by atoms with van der Waals surface area (Å²) in [5.41, 5.74) is -1.44. The van der Waals surface area contributed by atoms with Gasteiger partial charge in [0.25, 0.3) is 0 Å². The number of ether oxygens (including phenoxy) is 1. The van der Waals surface area contributed by atoms with Crippen molar-refractivity contribution in [1.29, 1.82) is 0 Å². The summed E-state index contributed by atoms with van der Waals surface area (Å²) in [5.74, 6) is 5.69. The second-order valence-corrected chi connectivity index (χ2v) is 7.24. The van der Waals surface area contributed by atoms with E-state index in [0.29, 0.717) is 11.5 Å². The van der Waals surface area contributed by atoms with Crippen LogP contribution in [0.5, 0.6) is 0 Å². The van der Waals surface area contributed by atoms with Crippen LogP contribution in [0.1, 0.15) is 38.7 Å². The molecule has 4 rings (SSSR count). The zero-order valence-corrected chi connectivity index (χ0v) is 15.1. The molecule has 3 fully saturated rings. The molecule has 4 nitrogen and oxygen atoms in total. The van der Waals surface area contributed by atoms with Crippen LogP contribution >= 0.6 is 0 Å². The monoisotopic (exact) mass is 341 g/mol. The summed E-state index contributed by atoms with van der Waals surface area (Å²) >= 11 is 0. The maximum Gasteiger partial charge on any atom is 0.356 e. The van der Waals surface area contributed by atoms with E-state index in [1.165, 1.54) is 0 Å². The SMILES string of the molecule is CCC(C)C#CC(O)(C(=O)OC1CN2CCC1CC2)c1ccccc1. The molecule has 25 heavy (non-hydrogen) atoms. The quantitative estimate of drug-likeness (QED) is 0.675. The Morgan fingerprint density at radius 3 is 2.60 bits per heavy atom. The number of esters is 1. The van der Waals surface area contributed by atoms with Crippen molar-refractivity contribution in [3.8, 4) is 11.8 Å². The molecule has 3 saturated heterocycles. The average molecular weight is 341 g/mol. The van der Waals surface area contributed by atoms with Crippen molar-refractivity contribution < 1.29 is 14.6 Å². The second kappa shape index (κ2) is 7.59. The summed E-state index contributed by atoms with van der Waals surface area (Å²) < 4.78 is 5.78. The largest absolute Gasteiger partial charge is 0.458 e. The zero-order chi connectivity index (χ0) is 17.9. The Labute approximate surface area is 150 Å². The number of nitrogens with zero attached hydrogens (tertiary/aromatic N) is 1. The molecule has 2 bridgehead atoms. The first-order chi connectivity index (χ1) is 12.0. The van der Waals surface area contributed by atoms with Gasteiger partial charge in [0.05, 0.1) is 0 Å². The lowest BCUT2D eigenvalue weighted by Crippen LogP contribution is -2.53. The molecule has 3 atom stereocenters. The Morgan fingerprint density at radius 2 is 2.04 bits per heavy atom. The highest BCUT2D eigenvalue weighted by Gasteiger charge is 2.43. The Morgan fingerprint density at radius 1 is 1.36 bits per heavy atom. The standard InChI is InChI=1S/C21H27NO3/c1-3-16(2)9-12-21(24,18-7-5-4-6-8-18)20(23)25-19-15-22-13-10-17(19)11-14-22/h4-8,16-17,19,24H,3,10-11,13-15H2,1-2H3. The van der Waals surface area contributed by atoms with E-state index in [1.807, 2.05) is 19.9 Å². The summed E-state index contributed by atoms with van der Waals surface area (Å²) in [5, 5.41) is 11.1. The van der Waals surface area contributed by atoms with Crippen molar-refractivity contribution in [3.05, 3.63) is 35.9 Å². The van der Waals surface area contributed by atoms with Crippen LogP contribution in [0.25, 0.3) is 0 Å². The predicted molar refractivity (Wildman–Crippen MR) is 96.6 cm³/mol. The van der Waals surface area contributed by atoms with Crippen molar-refractivity contribution in [2.75, 3.05) is 19.6 Å². The highest BCUT2D eigenvalue weighted by atomic mass is 16.6. The van der Waals surface area contributed by atoms with Crippen LogP contribution in [0.3, 0.4) is 0 Å². The third kappa shape index (κ3) is 3.89. The lowest BCUT2D eigenvalue weighted by Gasteiger charge is -2.44. The van der Waals surface area contributed by atoms with Gasteiger partial charge in [-0.25, -0.2) is 4.79 Å². The summed E-state index contributed by atoms with van der Waals surface area (Å²) in [6, 6.07) is 8.90. The number of hydrogen-bond acceptors (Lipinski definition) is 4. The highest BCUT2D eigenvalue weighted by Crippen LogP contribution is 2.32. The molecule has 3 aliphatic rings. The van der Waals surface area contributed by atoms with Crippen LogP contribution in [0.4, 0.5) is 0 Å². The van der Waals surface area contributed by atoms with E-state index >= 15 is 0 Å². The molecule has 3 unspecified atom stereocenters. The Balaban J connectivity index is 1.83. The fourth-order valence-corrected chi connectivity index (χ4v) is 3.52. The van der Waals surface area contributed by atoms with E-state index in [4.69, 9.17) is 4.74 Å². The molecule has 0 aliphatic carbocycles. The average Bonchev–Trinajstić information content (AvgIpc) is 2.67. The molecule has 4 heteroatoms.